The number of hydrogen-bond acceptors (Lipinski definition) is 6. The van der Waals surface area contributed by atoms with E-state index < -0.39 is 0 Å². The molecule has 0 spiro atoms. The third-order valence-electron chi connectivity index (χ3n) is 3.96. The van der Waals surface area contributed by atoms with E-state index in [1.54, 1.807) is 11.8 Å². The van der Waals surface area contributed by atoms with Crippen LogP contribution in [0.4, 0.5) is 4.79 Å². The van der Waals surface area contributed by atoms with Gasteiger partial charge in [0, 0.05) is 19.1 Å². The van der Waals surface area contributed by atoms with Gasteiger partial charge in [-0.2, -0.15) is 0 Å². The molecule has 1 aliphatic heterocycles. The van der Waals surface area contributed by atoms with Crippen LogP contribution in [0.25, 0.3) is 5.69 Å². The molecule has 132 valence electrons. The maximum absolute atomic E-state index is 12.3. The number of para-hydroxylation sites is 1. The molecule has 9 nitrogen and oxygen atoms in total. The number of carbonyl (C=O) groups is 2. The summed E-state index contributed by atoms with van der Waals surface area (Å²) in [6.07, 6.45) is 1.02. The molecule has 1 aliphatic rings. The lowest BCUT2D eigenvalue weighted by Crippen LogP contribution is -2.46. The minimum absolute atomic E-state index is 0.0247. The van der Waals surface area contributed by atoms with Crippen molar-refractivity contribution in [2.75, 3.05) is 19.7 Å². The molecule has 25 heavy (non-hydrogen) atoms. The van der Waals surface area contributed by atoms with Crippen molar-refractivity contribution in [2.24, 2.45) is 0 Å². The molecule has 2 amide bonds. The molecule has 1 fully saturated rings. The lowest BCUT2D eigenvalue weighted by molar-refractivity contribution is 0.0853. The summed E-state index contributed by atoms with van der Waals surface area (Å²) in [5.41, 5.74) is 0.733. The molecule has 0 radical (unpaired) electrons. The average molecular weight is 344 g/mol. The third kappa shape index (κ3) is 4.11. The van der Waals surface area contributed by atoms with E-state index in [4.69, 9.17) is 4.74 Å². The normalized spacial score (nSPS) is 15.0. The number of amides is 2. The van der Waals surface area contributed by atoms with Gasteiger partial charge < -0.3 is 15.0 Å². The van der Waals surface area contributed by atoms with Crippen LogP contribution in [0.15, 0.2) is 30.3 Å². The summed E-state index contributed by atoms with van der Waals surface area (Å²) < 4.78 is 4.98. The SMILES string of the molecule is CCOC(=O)N1CCC(NC(=O)c2nnn(-c3ccccc3)n2)CC1. The van der Waals surface area contributed by atoms with Crippen LogP contribution in [0.5, 0.6) is 0 Å². The van der Waals surface area contributed by atoms with Crippen molar-refractivity contribution in [3.05, 3.63) is 36.2 Å². The zero-order chi connectivity index (χ0) is 17.6. The number of ether oxygens (including phenoxy) is 1. The molecule has 0 saturated carbocycles. The number of aromatic nitrogens is 4. The Morgan fingerprint density at radius 1 is 1.24 bits per heavy atom. The molecule has 2 heterocycles. The number of benzene rings is 1. The first-order valence-electron chi connectivity index (χ1n) is 8.25. The third-order valence-corrected chi connectivity index (χ3v) is 3.96. The fraction of sp³-hybridized carbons (Fsp3) is 0.438. The van der Waals surface area contributed by atoms with E-state index >= 15 is 0 Å². The van der Waals surface area contributed by atoms with Crippen molar-refractivity contribution in [1.29, 1.82) is 0 Å². The van der Waals surface area contributed by atoms with Gasteiger partial charge in [-0.05, 0) is 37.1 Å². The molecule has 9 heteroatoms. The van der Waals surface area contributed by atoms with Crippen molar-refractivity contribution >= 4 is 12.0 Å². The van der Waals surface area contributed by atoms with E-state index in [0.717, 1.165) is 5.69 Å². The van der Waals surface area contributed by atoms with Crippen molar-refractivity contribution in [2.45, 2.75) is 25.8 Å². The quantitative estimate of drug-likeness (QED) is 0.888. The summed E-state index contributed by atoms with van der Waals surface area (Å²) >= 11 is 0. The minimum Gasteiger partial charge on any atom is -0.450 e. The predicted octanol–water partition coefficient (Wildman–Crippen LogP) is 1.01. The van der Waals surface area contributed by atoms with Gasteiger partial charge in [0.1, 0.15) is 0 Å². The average Bonchev–Trinajstić information content (AvgIpc) is 3.13. The molecule has 1 aromatic carbocycles. The number of tetrazole rings is 1. The van der Waals surface area contributed by atoms with E-state index in [-0.39, 0.29) is 23.9 Å². The van der Waals surface area contributed by atoms with Gasteiger partial charge in [-0.1, -0.05) is 18.2 Å². The van der Waals surface area contributed by atoms with Crippen LogP contribution in [-0.4, -0.2) is 62.8 Å². The van der Waals surface area contributed by atoms with Gasteiger partial charge in [0.15, 0.2) is 0 Å². The Balaban J connectivity index is 1.54. The Labute approximate surface area is 144 Å². The summed E-state index contributed by atoms with van der Waals surface area (Å²) in [5.74, 6) is -0.339. The lowest BCUT2D eigenvalue weighted by Gasteiger charge is -2.31. The molecule has 1 saturated heterocycles. The largest absolute Gasteiger partial charge is 0.450 e. The van der Waals surface area contributed by atoms with Crippen molar-refractivity contribution in [3.63, 3.8) is 0 Å². The molecular formula is C16H20N6O3. The summed E-state index contributed by atoms with van der Waals surface area (Å²) in [7, 11) is 0. The first kappa shape index (κ1) is 16.9. The second-order valence-electron chi connectivity index (χ2n) is 5.67. The number of carbonyl (C=O) groups excluding carboxylic acids is 2. The highest BCUT2D eigenvalue weighted by atomic mass is 16.6. The monoisotopic (exact) mass is 344 g/mol. The highest BCUT2D eigenvalue weighted by molar-refractivity contribution is 5.90. The number of hydrogen-bond donors (Lipinski definition) is 1. The van der Waals surface area contributed by atoms with Crippen LogP contribution in [0.1, 0.15) is 30.4 Å². The Hall–Kier alpha value is -2.97. The Bertz CT molecular complexity index is 724. The van der Waals surface area contributed by atoms with Crippen LogP contribution in [-0.2, 0) is 4.74 Å². The van der Waals surface area contributed by atoms with Crippen LogP contribution >= 0.6 is 0 Å². The highest BCUT2D eigenvalue weighted by Crippen LogP contribution is 2.12. The summed E-state index contributed by atoms with van der Waals surface area (Å²) in [6, 6.07) is 9.23. The van der Waals surface area contributed by atoms with Crippen LogP contribution in [0.3, 0.4) is 0 Å². The van der Waals surface area contributed by atoms with Gasteiger partial charge in [0.25, 0.3) is 11.7 Å². The second-order valence-corrected chi connectivity index (χ2v) is 5.67. The van der Waals surface area contributed by atoms with Crippen LogP contribution in [0.2, 0.25) is 0 Å². The maximum Gasteiger partial charge on any atom is 0.409 e. The Morgan fingerprint density at radius 2 is 1.96 bits per heavy atom. The molecule has 1 aromatic heterocycles. The smallest absolute Gasteiger partial charge is 0.409 e. The van der Waals surface area contributed by atoms with Crippen molar-refractivity contribution < 1.29 is 14.3 Å². The van der Waals surface area contributed by atoms with E-state index in [1.807, 2.05) is 30.3 Å². The first-order valence-corrected chi connectivity index (χ1v) is 8.25. The Kier molecular flexibility index (Phi) is 5.22. The number of likely N-dealkylation sites (tertiary alicyclic amines) is 1. The number of nitrogens with zero attached hydrogens (tertiary/aromatic N) is 5. The number of piperidine rings is 1. The van der Waals surface area contributed by atoms with E-state index in [9.17, 15) is 9.59 Å². The Morgan fingerprint density at radius 3 is 2.64 bits per heavy atom. The summed E-state index contributed by atoms with van der Waals surface area (Å²) in [6.45, 7) is 3.24. The maximum atomic E-state index is 12.3. The van der Waals surface area contributed by atoms with E-state index in [0.29, 0.717) is 32.5 Å². The summed E-state index contributed by atoms with van der Waals surface area (Å²) in [4.78, 5) is 26.9. The van der Waals surface area contributed by atoms with Gasteiger partial charge in [0.05, 0.1) is 12.3 Å². The highest BCUT2D eigenvalue weighted by Gasteiger charge is 2.26. The van der Waals surface area contributed by atoms with Gasteiger partial charge in [-0.15, -0.1) is 15.0 Å². The lowest BCUT2D eigenvalue weighted by atomic mass is 10.1. The second kappa shape index (κ2) is 7.73. The van der Waals surface area contributed by atoms with Gasteiger partial charge in [0.2, 0.25) is 0 Å². The number of nitrogens with one attached hydrogen (secondary N) is 1. The predicted molar refractivity (Wildman–Crippen MR) is 88.2 cm³/mol. The van der Waals surface area contributed by atoms with Gasteiger partial charge >= 0.3 is 6.09 Å². The topological polar surface area (TPSA) is 102 Å². The molecule has 3 rings (SSSR count). The van der Waals surface area contributed by atoms with Crippen LogP contribution in [0, 0.1) is 0 Å². The number of rotatable bonds is 4. The van der Waals surface area contributed by atoms with Gasteiger partial charge in [-0.25, -0.2) is 4.79 Å². The fourth-order valence-electron chi connectivity index (χ4n) is 2.65. The van der Waals surface area contributed by atoms with E-state index in [2.05, 4.69) is 20.7 Å². The molecular weight excluding hydrogens is 324 g/mol. The fourth-order valence-corrected chi connectivity index (χ4v) is 2.65. The molecule has 0 bridgehead atoms. The molecule has 0 aliphatic carbocycles. The van der Waals surface area contributed by atoms with Gasteiger partial charge in [-0.3, -0.25) is 4.79 Å². The standard InChI is InChI=1S/C16H20N6O3/c1-2-25-16(24)21-10-8-12(9-11-21)17-15(23)14-18-20-22(19-14)13-6-4-3-5-7-13/h3-7,12H,2,8-11H2,1H3,(H,17,23). The minimum atomic E-state index is -0.364. The molecule has 0 unspecified atom stereocenters. The molecule has 2 aromatic rings. The molecule has 0 atom stereocenters. The van der Waals surface area contributed by atoms with Crippen LogP contribution < -0.4 is 5.32 Å². The zero-order valence-electron chi connectivity index (χ0n) is 14.0. The van der Waals surface area contributed by atoms with Crippen molar-refractivity contribution in [1.82, 2.24) is 30.4 Å². The van der Waals surface area contributed by atoms with Crippen molar-refractivity contribution in [3.8, 4) is 5.69 Å². The van der Waals surface area contributed by atoms with E-state index in [1.165, 1.54) is 4.80 Å². The first-order chi connectivity index (χ1) is 12.2. The zero-order valence-corrected chi connectivity index (χ0v) is 14.0. The summed E-state index contributed by atoms with van der Waals surface area (Å²) in [5, 5.41) is 14.7. The molecule has 1 N–H and O–H groups in total.